The van der Waals surface area contributed by atoms with E-state index in [0.29, 0.717) is 12.4 Å². The topological polar surface area (TPSA) is 35.0 Å². The lowest BCUT2D eigenvalue weighted by Gasteiger charge is -2.10. The second-order valence-electron chi connectivity index (χ2n) is 3.67. The molecule has 16 heavy (non-hydrogen) atoms. The lowest BCUT2D eigenvalue weighted by Crippen LogP contribution is -2.02. The van der Waals surface area contributed by atoms with Crippen molar-refractivity contribution in [2.75, 3.05) is 0 Å². The lowest BCUT2D eigenvalue weighted by atomic mass is 10.1. The number of hydrogen-bond acceptors (Lipinski definition) is 3. The fourth-order valence-electron chi connectivity index (χ4n) is 1.57. The zero-order valence-electron chi connectivity index (χ0n) is 9.47. The van der Waals surface area contributed by atoms with Crippen LogP contribution < -0.4 is 4.74 Å². The minimum atomic E-state index is 0.409. The van der Waals surface area contributed by atoms with Crippen molar-refractivity contribution in [3.05, 3.63) is 53.6 Å². The normalized spacial score (nSPS) is 10.1. The van der Waals surface area contributed by atoms with Crippen molar-refractivity contribution in [2.24, 2.45) is 0 Å². The van der Waals surface area contributed by atoms with Crippen molar-refractivity contribution in [2.45, 2.75) is 20.5 Å². The predicted molar refractivity (Wildman–Crippen MR) is 62.3 cm³/mol. The van der Waals surface area contributed by atoms with Crippen LogP contribution in [0.25, 0.3) is 0 Å². The van der Waals surface area contributed by atoms with E-state index in [9.17, 15) is 0 Å². The molecule has 0 N–H and O–H groups in total. The largest absolute Gasteiger partial charge is 0.485 e. The summed E-state index contributed by atoms with van der Waals surface area (Å²) in [6.07, 6.45) is 3.44. The molecule has 1 aromatic heterocycles. The zero-order chi connectivity index (χ0) is 11.4. The summed E-state index contributed by atoms with van der Waals surface area (Å²) in [7, 11) is 0. The number of hydrogen-bond donors (Lipinski definition) is 0. The maximum Gasteiger partial charge on any atom is 0.166 e. The van der Waals surface area contributed by atoms with Gasteiger partial charge in [-0.2, -0.15) is 0 Å². The molecule has 1 aromatic carbocycles. The summed E-state index contributed by atoms with van der Waals surface area (Å²) < 4.78 is 5.73. The number of benzene rings is 1. The molecular weight excluding hydrogens is 200 g/mol. The average Bonchev–Trinajstić information content (AvgIpc) is 2.30. The van der Waals surface area contributed by atoms with Gasteiger partial charge in [-0.05, 0) is 31.0 Å². The molecule has 0 aliphatic carbocycles. The first kappa shape index (κ1) is 10.6. The molecule has 0 radical (unpaired) electrons. The van der Waals surface area contributed by atoms with E-state index >= 15 is 0 Å². The van der Waals surface area contributed by atoms with Gasteiger partial charge in [0.05, 0.1) is 0 Å². The lowest BCUT2D eigenvalue weighted by molar-refractivity contribution is 0.292. The van der Waals surface area contributed by atoms with Gasteiger partial charge in [0.25, 0.3) is 0 Å². The first-order valence-electron chi connectivity index (χ1n) is 5.22. The van der Waals surface area contributed by atoms with Crippen molar-refractivity contribution in [1.29, 1.82) is 0 Å². The van der Waals surface area contributed by atoms with Gasteiger partial charge < -0.3 is 4.74 Å². The number of rotatable bonds is 3. The maximum absolute atomic E-state index is 5.73. The van der Waals surface area contributed by atoms with Crippen LogP contribution in [0, 0.1) is 13.8 Å². The van der Waals surface area contributed by atoms with Gasteiger partial charge in [-0.1, -0.05) is 18.2 Å². The predicted octanol–water partition coefficient (Wildman–Crippen LogP) is 2.67. The highest BCUT2D eigenvalue weighted by atomic mass is 16.5. The number of ether oxygens (including phenoxy) is 1. The number of aromatic nitrogens is 2. The average molecular weight is 214 g/mol. The molecule has 2 rings (SSSR count). The number of para-hydroxylation sites is 1. The summed E-state index contributed by atoms with van der Waals surface area (Å²) in [5.41, 5.74) is 2.27. The molecule has 0 fully saturated rings. The molecule has 0 aliphatic rings. The van der Waals surface area contributed by atoms with Crippen molar-refractivity contribution in [3.63, 3.8) is 0 Å². The van der Waals surface area contributed by atoms with Crippen LogP contribution in [0.15, 0.2) is 36.7 Å². The third kappa shape index (κ3) is 2.37. The second kappa shape index (κ2) is 4.75. The first-order valence-corrected chi connectivity index (χ1v) is 5.22. The third-order valence-electron chi connectivity index (χ3n) is 2.37. The molecule has 0 amide bonds. The smallest absolute Gasteiger partial charge is 0.166 e. The Kier molecular flexibility index (Phi) is 3.15. The van der Waals surface area contributed by atoms with Crippen LogP contribution in [0.2, 0.25) is 0 Å². The minimum absolute atomic E-state index is 0.409. The molecule has 2 aromatic rings. The van der Waals surface area contributed by atoms with Crippen LogP contribution in [0.4, 0.5) is 0 Å². The molecule has 0 saturated heterocycles. The monoisotopic (exact) mass is 214 g/mol. The molecule has 0 saturated carbocycles. The van der Waals surface area contributed by atoms with Crippen molar-refractivity contribution >= 4 is 0 Å². The second-order valence-corrected chi connectivity index (χ2v) is 3.67. The Balaban J connectivity index is 2.11. The van der Waals surface area contributed by atoms with E-state index in [1.165, 1.54) is 0 Å². The summed E-state index contributed by atoms with van der Waals surface area (Å²) in [4.78, 5) is 8.23. The quantitative estimate of drug-likeness (QED) is 0.787. The van der Waals surface area contributed by atoms with E-state index < -0.39 is 0 Å². The minimum Gasteiger partial charge on any atom is -0.485 e. The van der Waals surface area contributed by atoms with Crippen molar-refractivity contribution in [1.82, 2.24) is 9.97 Å². The van der Waals surface area contributed by atoms with Crippen LogP contribution >= 0.6 is 0 Å². The van der Waals surface area contributed by atoms with E-state index in [2.05, 4.69) is 9.97 Å². The van der Waals surface area contributed by atoms with Crippen LogP contribution in [0.1, 0.15) is 17.0 Å². The molecule has 0 atom stereocenters. The SMILES string of the molecule is Cc1cccc(C)c1OCc1ncccn1. The van der Waals surface area contributed by atoms with Gasteiger partial charge in [0.15, 0.2) is 5.82 Å². The Morgan fingerprint density at radius 1 is 1.00 bits per heavy atom. The summed E-state index contributed by atoms with van der Waals surface area (Å²) in [6, 6.07) is 7.89. The van der Waals surface area contributed by atoms with Gasteiger partial charge in [0.2, 0.25) is 0 Å². The van der Waals surface area contributed by atoms with Gasteiger partial charge in [-0.3, -0.25) is 0 Å². The molecule has 0 spiro atoms. The Hall–Kier alpha value is -1.90. The van der Waals surface area contributed by atoms with Crippen molar-refractivity contribution < 1.29 is 4.74 Å². The van der Waals surface area contributed by atoms with Gasteiger partial charge in [-0.25, -0.2) is 9.97 Å². The van der Waals surface area contributed by atoms with Gasteiger partial charge in [0, 0.05) is 12.4 Å². The fraction of sp³-hybridized carbons (Fsp3) is 0.231. The molecule has 0 unspecified atom stereocenters. The molecule has 0 bridgehead atoms. The molecule has 3 nitrogen and oxygen atoms in total. The Morgan fingerprint density at radius 2 is 1.62 bits per heavy atom. The standard InChI is InChI=1S/C13H14N2O/c1-10-5-3-6-11(2)13(10)16-9-12-14-7-4-8-15-12/h3-8H,9H2,1-2H3. The van der Waals surface area contributed by atoms with Crippen LogP contribution in [0.5, 0.6) is 5.75 Å². The van der Waals surface area contributed by atoms with Gasteiger partial charge in [0.1, 0.15) is 12.4 Å². The molecule has 1 heterocycles. The van der Waals surface area contributed by atoms with E-state index in [1.54, 1.807) is 18.5 Å². The third-order valence-corrected chi connectivity index (χ3v) is 2.37. The van der Waals surface area contributed by atoms with Gasteiger partial charge >= 0.3 is 0 Å². The molecule has 3 heteroatoms. The molecule has 82 valence electrons. The van der Waals surface area contributed by atoms with Gasteiger partial charge in [-0.15, -0.1) is 0 Å². The fourth-order valence-corrected chi connectivity index (χ4v) is 1.57. The Labute approximate surface area is 95.1 Å². The highest BCUT2D eigenvalue weighted by Gasteiger charge is 2.04. The summed E-state index contributed by atoms with van der Waals surface area (Å²) >= 11 is 0. The van der Waals surface area contributed by atoms with Crippen LogP contribution in [0.3, 0.4) is 0 Å². The van der Waals surface area contributed by atoms with Crippen molar-refractivity contribution in [3.8, 4) is 5.75 Å². The number of aryl methyl sites for hydroxylation is 2. The molecule has 0 aliphatic heterocycles. The highest BCUT2D eigenvalue weighted by Crippen LogP contribution is 2.22. The van der Waals surface area contributed by atoms with E-state index in [1.807, 2.05) is 32.0 Å². The Morgan fingerprint density at radius 3 is 2.25 bits per heavy atom. The van der Waals surface area contributed by atoms with E-state index in [0.717, 1.165) is 16.9 Å². The highest BCUT2D eigenvalue weighted by molar-refractivity contribution is 5.39. The Bertz CT molecular complexity index is 448. The first-order chi connectivity index (χ1) is 7.77. The molecular formula is C13H14N2O. The van der Waals surface area contributed by atoms with Crippen LogP contribution in [-0.4, -0.2) is 9.97 Å². The number of nitrogens with zero attached hydrogens (tertiary/aromatic N) is 2. The summed E-state index contributed by atoms with van der Waals surface area (Å²) in [5.74, 6) is 1.63. The van der Waals surface area contributed by atoms with E-state index in [-0.39, 0.29) is 0 Å². The summed E-state index contributed by atoms with van der Waals surface area (Å²) in [5, 5.41) is 0. The van der Waals surface area contributed by atoms with E-state index in [4.69, 9.17) is 4.74 Å². The van der Waals surface area contributed by atoms with Crippen LogP contribution in [-0.2, 0) is 6.61 Å². The zero-order valence-corrected chi connectivity index (χ0v) is 9.47. The maximum atomic E-state index is 5.73. The summed E-state index contributed by atoms with van der Waals surface area (Å²) in [6.45, 7) is 4.48.